The molecule has 0 aliphatic rings. The van der Waals surface area contributed by atoms with E-state index in [2.05, 4.69) is 0 Å². The predicted octanol–water partition coefficient (Wildman–Crippen LogP) is 4.32. The van der Waals surface area contributed by atoms with Crippen molar-refractivity contribution in [3.8, 4) is 0 Å². The second kappa shape index (κ2) is 10.7. The van der Waals surface area contributed by atoms with Crippen molar-refractivity contribution in [2.75, 3.05) is 7.05 Å². The van der Waals surface area contributed by atoms with E-state index in [1.807, 2.05) is 79.7 Å². The van der Waals surface area contributed by atoms with E-state index in [9.17, 15) is 21.6 Å². The molecule has 178 valence electrons. The molecule has 0 aromatic heterocycles. The normalized spacial score (nSPS) is 12.4. The molecule has 3 aromatic rings. The summed E-state index contributed by atoms with van der Waals surface area (Å²) in [6, 6.07) is 26.5. The summed E-state index contributed by atoms with van der Waals surface area (Å²) in [5.74, 6) is 0. The fraction of sp³-hybridized carbons (Fsp3) is 0.143. The molecule has 0 saturated heterocycles. The summed E-state index contributed by atoms with van der Waals surface area (Å²) < 4.78 is 86.7. The molecule has 0 heterocycles. The molecule has 0 N–H and O–H groups in total. The zero-order chi connectivity index (χ0) is 24.9. The Kier molecular flexibility index (Phi) is 8.71. The van der Waals surface area contributed by atoms with Gasteiger partial charge in [0.15, 0.2) is 31.0 Å². The summed E-state index contributed by atoms with van der Waals surface area (Å²) in [7, 11) is -8.04. The Hall–Kier alpha value is -2.38. The van der Waals surface area contributed by atoms with Gasteiger partial charge in [0.25, 0.3) is 10.0 Å². The van der Waals surface area contributed by atoms with Crippen molar-refractivity contribution in [1.82, 2.24) is 3.71 Å². The molecular formula is C21H20F3NO5S3. The molecule has 12 heteroatoms. The third-order valence-corrected chi connectivity index (χ3v) is 9.23. The lowest BCUT2D eigenvalue weighted by Crippen LogP contribution is -2.33. The van der Waals surface area contributed by atoms with E-state index in [-0.39, 0.29) is 0 Å². The summed E-state index contributed by atoms with van der Waals surface area (Å²) in [4.78, 5) is 2.24. The number of nitrogens with zero attached hydrogens (tertiary/aromatic N) is 1. The van der Waals surface area contributed by atoms with Crippen molar-refractivity contribution >= 4 is 31.2 Å². The van der Waals surface area contributed by atoms with Gasteiger partial charge in [0.05, 0.1) is 11.9 Å². The molecule has 0 atom stereocenters. The van der Waals surface area contributed by atoms with Crippen molar-refractivity contribution in [3.05, 3.63) is 90.5 Å². The van der Waals surface area contributed by atoms with Gasteiger partial charge in [-0.3, -0.25) is 0 Å². The minimum absolute atomic E-state index is 0.310. The first-order valence-corrected chi connectivity index (χ1v) is 13.2. The fourth-order valence-electron chi connectivity index (χ4n) is 2.49. The monoisotopic (exact) mass is 519 g/mol. The van der Waals surface area contributed by atoms with Gasteiger partial charge in [-0.2, -0.15) is 13.2 Å². The highest BCUT2D eigenvalue weighted by Gasteiger charge is 2.40. The van der Waals surface area contributed by atoms with Crippen LogP contribution in [-0.2, 0) is 31.2 Å². The molecule has 0 unspecified atom stereocenters. The molecule has 0 aliphatic carbocycles. The van der Waals surface area contributed by atoms with Crippen LogP contribution in [-0.4, -0.2) is 37.7 Å². The number of rotatable bonds is 5. The zero-order valence-corrected chi connectivity index (χ0v) is 19.9. The van der Waals surface area contributed by atoms with E-state index in [4.69, 9.17) is 13.0 Å². The molecular weight excluding hydrogens is 499 g/mol. The Morgan fingerprint density at radius 1 is 0.758 bits per heavy atom. The Morgan fingerprint density at radius 3 is 1.45 bits per heavy atom. The number of sulfonamides is 1. The van der Waals surface area contributed by atoms with Gasteiger partial charge in [-0.1, -0.05) is 54.1 Å². The first-order chi connectivity index (χ1) is 15.2. The Labute approximate surface area is 194 Å². The van der Waals surface area contributed by atoms with Gasteiger partial charge < -0.3 is 4.55 Å². The number of halogens is 3. The second-order valence-corrected chi connectivity index (χ2v) is 12.2. The molecule has 0 aliphatic heterocycles. The van der Waals surface area contributed by atoms with Gasteiger partial charge in [-0.25, -0.2) is 16.8 Å². The average Bonchev–Trinajstić information content (AvgIpc) is 2.75. The Balaban J connectivity index is 0.000000414. The fourth-order valence-corrected chi connectivity index (χ4v) is 6.52. The van der Waals surface area contributed by atoms with Crippen LogP contribution in [0.25, 0.3) is 0 Å². The van der Waals surface area contributed by atoms with Gasteiger partial charge in [0.2, 0.25) is 0 Å². The smallest absolute Gasteiger partial charge is 0.485 e. The van der Waals surface area contributed by atoms with Crippen LogP contribution < -0.4 is 0 Å². The van der Waals surface area contributed by atoms with Gasteiger partial charge in [0.1, 0.15) is 0 Å². The first-order valence-electron chi connectivity index (χ1n) is 9.17. The summed E-state index contributed by atoms with van der Waals surface area (Å²) in [6.45, 7) is 1.94. The number of hydrogen-bond donors (Lipinski definition) is 0. The highest BCUT2D eigenvalue weighted by Crippen LogP contribution is 2.30. The predicted molar refractivity (Wildman–Crippen MR) is 119 cm³/mol. The van der Waals surface area contributed by atoms with E-state index in [0.29, 0.717) is 4.90 Å². The lowest BCUT2D eigenvalue weighted by atomic mass is 10.2. The maximum absolute atomic E-state index is 13.2. The van der Waals surface area contributed by atoms with E-state index in [1.54, 1.807) is 19.2 Å². The van der Waals surface area contributed by atoms with Crippen LogP contribution >= 0.6 is 0 Å². The summed E-state index contributed by atoms with van der Waals surface area (Å²) in [5, 5.41) is 0. The van der Waals surface area contributed by atoms with Crippen LogP contribution in [0.4, 0.5) is 13.2 Å². The van der Waals surface area contributed by atoms with Gasteiger partial charge in [0, 0.05) is 0 Å². The lowest BCUT2D eigenvalue weighted by Gasteiger charge is -2.17. The number of aryl methyl sites for hydroxylation is 1. The van der Waals surface area contributed by atoms with Crippen LogP contribution in [0, 0.1) is 6.92 Å². The lowest BCUT2D eigenvalue weighted by molar-refractivity contribution is -0.0517. The minimum atomic E-state index is -6.09. The van der Waals surface area contributed by atoms with Gasteiger partial charge >= 0.3 is 5.51 Å². The highest BCUT2D eigenvalue weighted by atomic mass is 32.3. The van der Waals surface area contributed by atoms with Gasteiger partial charge in [-0.05, 0) is 47.0 Å². The van der Waals surface area contributed by atoms with Crippen LogP contribution in [0.3, 0.4) is 0 Å². The molecule has 0 bridgehead atoms. The third-order valence-electron chi connectivity index (χ3n) is 4.13. The largest absolute Gasteiger partial charge is 0.741 e. The highest BCUT2D eigenvalue weighted by molar-refractivity contribution is 8.06. The van der Waals surface area contributed by atoms with Crippen LogP contribution in [0.5, 0.6) is 0 Å². The quantitative estimate of drug-likeness (QED) is 0.284. The van der Waals surface area contributed by atoms with E-state index < -0.39 is 36.7 Å². The number of alkyl halides is 3. The molecule has 0 fully saturated rings. The van der Waals surface area contributed by atoms with Crippen molar-refractivity contribution in [2.45, 2.75) is 27.1 Å². The molecule has 0 saturated carbocycles. The van der Waals surface area contributed by atoms with Crippen LogP contribution in [0.15, 0.2) is 99.6 Å². The number of hydrogen-bond acceptors (Lipinski definition) is 5. The summed E-state index contributed by atoms with van der Waals surface area (Å²) in [5.41, 5.74) is -4.61. The van der Waals surface area contributed by atoms with Crippen molar-refractivity contribution in [1.29, 1.82) is 0 Å². The van der Waals surface area contributed by atoms with Crippen LogP contribution in [0.1, 0.15) is 5.56 Å². The standard InChI is InChI=1S/C20H20NO2S2.CHF3O3S/c1-17-13-15-20(16-14-17)25(22,23)21(2)24(18-9-5-3-6-10-18)19-11-7-4-8-12-19;2-1(3,4)8(5,6)7/h3-16H,1-2H3;(H,5,6,7)/q+1;/p-1. The Bertz CT molecular complexity index is 1210. The summed E-state index contributed by atoms with van der Waals surface area (Å²) in [6.07, 6.45) is 0. The van der Waals surface area contributed by atoms with E-state index in [1.165, 1.54) is 3.71 Å². The molecule has 0 spiro atoms. The minimum Gasteiger partial charge on any atom is -0.741 e. The SMILES string of the molecule is Cc1ccc(S(=O)(=O)N(C)[S+](c2ccccc2)c2ccccc2)cc1.O=S(=O)([O-])C(F)(F)F. The third kappa shape index (κ3) is 7.05. The van der Waals surface area contributed by atoms with Crippen molar-refractivity contribution in [2.24, 2.45) is 0 Å². The molecule has 0 amide bonds. The molecule has 33 heavy (non-hydrogen) atoms. The molecule has 6 nitrogen and oxygen atoms in total. The summed E-state index contributed by atoms with van der Waals surface area (Å²) >= 11 is -0.726. The first kappa shape index (κ1) is 26.9. The van der Waals surface area contributed by atoms with Crippen LogP contribution in [0.2, 0.25) is 0 Å². The number of benzene rings is 3. The van der Waals surface area contributed by atoms with E-state index in [0.717, 1.165) is 15.4 Å². The average molecular weight is 520 g/mol. The van der Waals surface area contributed by atoms with Gasteiger partial charge in [-0.15, -0.1) is 0 Å². The van der Waals surface area contributed by atoms with Crippen molar-refractivity contribution in [3.63, 3.8) is 0 Å². The molecule has 0 radical (unpaired) electrons. The molecule has 3 rings (SSSR count). The Morgan fingerprint density at radius 2 is 1.12 bits per heavy atom. The maximum Gasteiger partial charge on any atom is 0.485 e. The zero-order valence-electron chi connectivity index (χ0n) is 17.4. The second-order valence-electron chi connectivity index (χ2n) is 6.54. The topological polar surface area (TPSA) is 94.6 Å². The maximum atomic E-state index is 13.2. The molecule has 3 aromatic carbocycles. The van der Waals surface area contributed by atoms with E-state index >= 15 is 0 Å². The van der Waals surface area contributed by atoms with Crippen molar-refractivity contribution < 1.29 is 34.6 Å².